The summed E-state index contributed by atoms with van der Waals surface area (Å²) in [4.78, 5) is 0. The Morgan fingerprint density at radius 3 is 2.38 bits per heavy atom. The summed E-state index contributed by atoms with van der Waals surface area (Å²) < 4.78 is 6.01. The molecule has 0 saturated heterocycles. The van der Waals surface area contributed by atoms with Crippen LogP contribution in [0.2, 0.25) is 5.31 Å². The van der Waals surface area contributed by atoms with E-state index in [0.29, 0.717) is 25.4 Å². The summed E-state index contributed by atoms with van der Waals surface area (Å²) in [7, 11) is 6.78. The zero-order valence-electron chi connectivity index (χ0n) is 16.5. The number of rotatable bonds is 12. The van der Waals surface area contributed by atoms with Gasteiger partial charge in [0.05, 0.1) is 39.2 Å². The molecule has 1 N–H and O–H groups in total. The molecular formula is C20H36BNO2. The van der Waals surface area contributed by atoms with Crippen molar-refractivity contribution in [3.8, 4) is 6.07 Å². The van der Waals surface area contributed by atoms with Crippen LogP contribution in [-0.4, -0.2) is 31.8 Å². The van der Waals surface area contributed by atoms with E-state index in [0.717, 1.165) is 19.3 Å². The van der Waals surface area contributed by atoms with Crippen molar-refractivity contribution in [3.63, 3.8) is 0 Å². The van der Waals surface area contributed by atoms with E-state index in [1.165, 1.54) is 0 Å². The van der Waals surface area contributed by atoms with Gasteiger partial charge in [-0.2, -0.15) is 5.26 Å². The summed E-state index contributed by atoms with van der Waals surface area (Å²) in [6.07, 6.45) is 7.43. The Kier molecular flexibility index (Phi) is 10.6. The Morgan fingerprint density at radius 2 is 1.92 bits per heavy atom. The zero-order valence-corrected chi connectivity index (χ0v) is 16.5. The van der Waals surface area contributed by atoms with Crippen molar-refractivity contribution in [2.75, 3.05) is 6.61 Å². The third-order valence-corrected chi connectivity index (χ3v) is 5.49. The van der Waals surface area contributed by atoms with Crippen molar-refractivity contribution in [2.24, 2.45) is 11.3 Å². The molecule has 136 valence electrons. The van der Waals surface area contributed by atoms with E-state index in [1.807, 2.05) is 6.92 Å². The van der Waals surface area contributed by atoms with Gasteiger partial charge in [0.25, 0.3) is 0 Å². The number of nitriles is 1. The van der Waals surface area contributed by atoms with Crippen LogP contribution in [0.5, 0.6) is 0 Å². The smallest absolute Gasteiger partial charge is 0.0785 e. The third-order valence-electron chi connectivity index (χ3n) is 5.49. The van der Waals surface area contributed by atoms with Crippen LogP contribution in [0.1, 0.15) is 73.6 Å². The fraction of sp³-hybridized carbons (Fsp3) is 0.850. The molecule has 5 atom stereocenters. The van der Waals surface area contributed by atoms with Crippen molar-refractivity contribution in [3.05, 3.63) is 12.2 Å². The maximum Gasteiger partial charge on any atom is 0.0785 e. The van der Waals surface area contributed by atoms with E-state index in [1.54, 1.807) is 6.92 Å². The number of hydrogen-bond donors (Lipinski definition) is 1. The lowest BCUT2D eigenvalue weighted by Crippen LogP contribution is -2.43. The van der Waals surface area contributed by atoms with Crippen molar-refractivity contribution in [2.45, 2.75) is 91.2 Å². The number of aliphatic hydroxyl groups is 1. The van der Waals surface area contributed by atoms with E-state index in [9.17, 15) is 5.11 Å². The van der Waals surface area contributed by atoms with Crippen LogP contribution in [0, 0.1) is 22.7 Å². The first kappa shape index (κ1) is 23.2. The van der Waals surface area contributed by atoms with Crippen LogP contribution >= 0.6 is 0 Å². The zero-order chi connectivity index (χ0) is 18.8. The number of aliphatic hydroxyl groups excluding tert-OH is 1. The summed E-state index contributed by atoms with van der Waals surface area (Å²) in [5.41, 5.74) is -0.247. The summed E-state index contributed by atoms with van der Waals surface area (Å²) in [5.74, 6) is 0.531. The van der Waals surface area contributed by atoms with Gasteiger partial charge in [-0.15, -0.1) is 0 Å². The van der Waals surface area contributed by atoms with Gasteiger partial charge in [-0.3, -0.25) is 0 Å². The molecule has 0 aromatic carbocycles. The van der Waals surface area contributed by atoms with Gasteiger partial charge in [0, 0.05) is 0 Å². The van der Waals surface area contributed by atoms with Gasteiger partial charge in [0.15, 0.2) is 0 Å². The maximum atomic E-state index is 9.91. The largest absolute Gasteiger partial charge is 0.393 e. The Balaban J connectivity index is 5.32. The average Bonchev–Trinajstić information content (AvgIpc) is 2.52. The second-order valence-corrected chi connectivity index (χ2v) is 7.57. The molecule has 0 aromatic heterocycles. The van der Waals surface area contributed by atoms with Crippen LogP contribution in [0.25, 0.3) is 0 Å². The lowest BCUT2D eigenvalue weighted by molar-refractivity contribution is -0.0283. The molecule has 0 saturated carbocycles. The highest BCUT2D eigenvalue weighted by Crippen LogP contribution is 2.53. The second kappa shape index (κ2) is 11.0. The molecule has 0 fully saturated rings. The number of allylic oxidation sites excluding steroid dienone is 1. The quantitative estimate of drug-likeness (QED) is 0.317. The van der Waals surface area contributed by atoms with E-state index in [4.69, 9.17) is 17.8 Å². The fourth-order valence-electron chi connectivity index (χ4n) is 3.09. The molecule has 0 aliphatic carbocycles. The Morgan fingerprint density at radius 1 is 1.29 bits per heavy atom. The van der Waals surface area contributed by atoms with Crippen molar-refractivity contribution in [1.82, 2.24) is 0 Å². The highest BCUT2D eigenvalue weighted by Gasteiger charge is 2.45. The molecule has 0 amide bonds. The van der Waals surface area contributed by atoms with Gasteiger partial charge in [-0.1, -0.05) is 59.6 Å². The minimum atomic E-state index is -0.603. The van der Waals surface area contributed by atoms with Crippen molar-refractivity contribution < 1.29 is 9.84 Å². The van der Waals surface area contributed by atoms with Crippen molar-refractivity contribution in [1.29, 1.82) is 5.26 Å². The molecule has 0 rings (SSSR count). The molecule has 0 aliphatic rings. The van der Waals surface area contributed by atoms with Crippen LogP contribution < -0.4 is 0 Å². The van der Waals surface area contributed by atoms with Crippen LogP contribution in [0.15, 0.2) is 12.2 Å². The molecule has 0 aromatic rings. The average molecular weight is 333 g/mol. The van der Waals surface area contributed by atoms with Gasteiger partial charge >= 0.3 is 0 Å². The second-order valence-electron chi connectivity index (χ2n) is 7.57. The summed E-state index contributed by atoms with van der Waals surface area (Å²) in [6.45, 7) is 12.8. The Bertz CT molecular complexity index is 414. The van der Waals surface area contributed by atoms with Gasteiger partial charge in [-0.05, 0) is 36.4 Å². The lowest BCUT2D eigenvalue weighted by Gasteiger charge is -2.50. The van der Waals surface area contributed by atoms with Crippen molar-refractivity contribution >= 4 is 7.85 Å². The van der Waals surface area contributed by atoms with Crippen LogP contribution in [-0.2, 0) is 4.74 Å². The first-order valence-electron chi connectivity index (χ1n) is 9.26. The minimum Gasteiger partial charge on any atom is -0.393 e. The molecule has 2 radical (unpaired) electrons. The molecule has 0 heterocycles. The molecule has 3 nitrogen and oxygen atoms in total. The molecule has 0 bridgehead atoms. The van der Waals surface area contributed by atoms with E-state index in [2.05, 4.69) is 45.9 Å². The van der Waals surface area contributed by atoms with E-state index in [-0.39, 0.29) is 11.5 Å². The van der Waals surface area contributed by atoms with Gasteiger partial charge in [0.1, 0.15) is 0 Å². The highest BCUT2D eigenvalue weighted by atomic mass is 16.5. The van der Waals surface area contributed by atoms with Gasteiger partial charge in [0.2, 0.25) is 0 Å². The monoisotopic (exact) mass is 333 g/mol. The highest BCUT2D eigenvalue weighted by molar-refractivity contribution is 6.16. The first-order chi connectivity index (χ1) is 11.1. The summed E-state index contributed by atoms with van der Waals surface area (Å²) in [6, 6.07) is 2.12. The third kappa shape index (κ3) is 6.99. The van der Waals surface area contributed by atoms with E-state index >= 15 is 0 Å². The molecule has 0 aliphatic heterocycles. The predicted octanol–water partition coefficient (Wildman–Crippen LogP) is 4.81. The number of hydrogen-bond acceptors (Lipinski definition) is 3. The van der Waals surface area contributed by atoms with Crippen LogP contribution in [0.3, 0.4) is 0 Å². The molecular weight excluding hydrogens is 297 g/mol. The molecule has 0 spiro atoms. The summed E-state index contributed by atoms with van der Waals surface area (Å²) in [5, 5.41) is 18.1. The van der Waals surface area contributed by atoms with Crippen LogP contribution in [0.4, 0.5) is 0 Å². The minimum absolute atomic E-state index is 0.185. The normalized spacial score (nSPS) is 20.8. The standard InChI is InChI=1S/C20H36BNO2/c1-7-16(3)11-9-12-18(24-14-10-13-22)20(6,21)19(5,8-2)15-17(4)23/h9,11,16-18,23H,7-8,10,12,14-15H2,1-6H3. The Labute approximate surface area is 150 Å². The SMILES string of the molecule is [B]C(C)(C(CC=CC(C)CC)OCCC#N)C(C)(CC)CC(C)O. The lowest BCUT2D eigenvalue weighted by atomic mass is 9.48. The number of ether oxygens (including phenoxy) is 1. The topological polar surface area (TPSA) is 53.2 Å². The first-order valence-corrected chi connectivity index (χ1v) is 9.26. The Hall–Kier alpha value is -0.785. The summed E-state index contributed by atoms with van der Waals surface area (Å²) >= 11 is 0. The van der Waals surface area contributed by atoms with Gasteiger partial charge in [-0.25, -0.2) is 0 Å². The molecule has 5 unspecified atom stereocenters. The maximum absolute atomic E-state index is 9.91. The van der Waals surface area contributed by atoms with Gasteiger partial charge < -0.3 is 9.84 Å². The fourth-order valence-corrected chi connectivity index (χ4v) is 3.09. The predicted molar refractivity (Wildman–Crippen MR) is 102 cm³/mol. The number of nitrogens with zero attached hydrogens (tertiary/aromatic N) is 1. The molecule has 4 heteroatoms. The molecule has 24 heavy (non-hydrogen) atoms. The van der Waals surface area contributed by atoms with E-state index < -0.39 is 11.4 Å².